The fourth-order valence-electron chi connectivity index (χ4n) is 4.73. The third kappa shape index (κ3) is 5.65. The van der Waals surface area contributed by atoms with Crippen LogP contribution in [0.25, 0.3) is 11.0 Å². The monoisotopic (exact) mass is 539 g/mol. The van der Waals surface area contributed by atoms with Crippen LogP contribution in [-0.2, 0) is 18.4 Å². The van der Waals surface area contributed by atoms with Gasteiger partial charge in [0.15, 0.2) is 22.9 Å². The summed E-state index contributed by atoms with van der Waals surface area (Å²) in [5.41, 5.74) is 0.170. The quantitative estimate of drug-likeness (QED) is 0.385. The number of methoxy groups -OCH3 is 1. The molecule has 0 saturated carbocycles. The van der Waals surface area contributed by atoms with Crippen molar-refractivity contribution in [3.63, 3.8) is 0 Å². The normalized spacial score (nSPS) is 14.1. The van der Waals surface area contributed by atoms with E-state index in [2.05, 4.69) is 10.3 Å². The van der Waals surface area contributed by atoms with Crippen molar-refractivity contribution in [2.75, 3.05) is 26.8 Å². The Bertz CT molecular complexity index is 1440. The van der Waals surface area contributed by atoms with Crippen LogP contribution in [0.3, 0.4) is 0 Å². The van der Waals surface area contributed by atoms with Crippen LogP contribution >= 0.6 is 0 Å². The molecule has 1 aliphatic rings. The molecule has 2 N–H and O–H groups in total. The number of aliphatic hydroxyl groups is 1. The smallest absolute Gasteiger partial charge is 0.301 e. The molecule has 0 bridgehead atoms. The molecule has 3 aromatic rings. The second kappa shape index (κ2) is 11.7. The Morgan fingerprint density at radius 3 is 2.41 bits per heavy atom. The highest BCUT2D eigenvalue weighted by Crippen LogP contribution is 2.32. The lowest BCUT2D eigenvalue weighted by atomic mass is 10.0. The van der Waals surface area contributed by atoms with E-state index in [0.717, 1.165) is 4.57 Å². The van der Waals surface area contributed by atoms with Gasteiger partial charge in [0, 0.05) is 31.7 Å². The number of aliphatic hydroxyl groups excluding tert-OH is 1. The summed E-state index contributed by atoms with van der Waals surface area (Å²) < 4.78 is 14.0. The number of ether oxygens (including phenoxy) is 2. The lowest BCUT2D eigenvalue weighted by molar-refractivity contribution is -0.135. The van der Waals surface area contributed by atoms with Crippen LogP contribution in [0, 0.1) is 0 Å². The van der Waals surface area contributed by atoms with Crippen LogP contribution < -0.4 is 20.3 Å². The first kappa shape index (κ1) is 27.8. The number of hydrogen-bond donors (Lipinski definition) is 2. The number of fused-ring (bicyclic) bond motifs is 1. The molecule has 0 spiro atoms. The Balaban J connectivity index is 1.72. The number of aromatic nitrogens is 3. The maximum Gasteiger partial charge on any atom is 0.301 e. The van der Waals surface area contributed by atoms with Crippen LogP contribution in [0.1, 0.15) is 47.5 Å². The second-order valence-corrected chi connectivity index (χ2v) is 9.67. The molecule has 0 unspecified atom stereocenters. The zero-order valence-corrected chi connectivity index (χ0v) is 22.5. The SMILES string of the molecule is COc1nc2c(c(OC(C)C)c(C(=O)NC3CCN(C(=O)CO)CC3)n2C)c(=O)n1CC(=O)c1ccccc1. The summed E-state index contributed by atoms with van der Waals surface area (Å²) in [7, 11) is 2.96. The highest BCUT2D eigenvalue weighted by molar-refractivity contribution is 6.03. The van der Waals surface area contributed by atoms with Crippen molar-refractivity contribution in [1.82, 2.24) is 24.3 Å². The van der Waals surface area contributed by atoms with Crippen molar-refractivity contribution in [2.45, 2.75) is 45.4 Å². The Labute approximate surface area is 225 Å². The van der Waals surface area contributed by atoms with Crippen molar-refractivity contribution in [3.05, 3.63) is 51.9 Å². The van der Waals surface area contributed by atoms with Gasteiger partial charge in [0.2, 0.25) is 5.91 Å². The molecular formula is C27H33N5O7. The molecule has 2 aromatic heterocycles. The van der Waals surface area contributed by atoms with Gasteiger partial charge in [0.1, 0.15) is 12.0 Å². The summed E-state index contributed by atoms with van der Waals surface area (Å²) in [6.07, 6.45) is 0.667. The zero-order chi connectivity index (χ0) is 28.3. The fourth-order valence-corrected chi connectivity index (χ4v) is 4.73. The molecule has 39 heavy (non-hydrogen) atoms. The molecule has 208 valence electrons. The third-order valence-electron chi connectivity index (χ3n) is 6.68. The van der Waals surface area contributed by atoms with Gasteiger partial charge in [-0.25, -0.2) is 0 Å². The van der Waals surface area contributed by atoms with E-state index in [1.54, 1.807) is 56.1 Å². The number of Topliss-reactive ketones (excluding diaryl/α,β-unsaturated/α-hetero) is 1. The minimum Gasteiger partial charge on any atom is -0.488 e. The first-order valence-electron chi connectivity index (χ1n) is 12.8. The van der Waals surface area contributed by atoms with E-state index in [1.165, 1.54) is 11.7 Å². The number of ketones is 1. The average Bonchev–Trinajstić information content (AvgIpc) is 3.20. The van der Waals surface area contributed by atoms with Crippen LogP contribution in [0.5, 0.6) is 11.8 Å². The molecule has 2 amide bonds. The molecule has 1 fully saturated rings. The number of carbonyl (C=O) groups excluding carboxylic acids is 3. The number of likely N-dealkylation sites (tertiary alicyclic amines) is 1. The topological polar surface area (TPSA) is 145 Å². The van der Waals surface area contributed by atoms with Crippen molar-refractivity contribution in [2.24, 2.45) is 7.05 Å². The summed E-state index contributed by atoms with van der Waals surface area (Å²) in [6.45, 7) is 3.53. The average molecular weight is 540 g/mol. The van der Waals surface area contributed by atoms with Gasteiger partial charge in [-0.1, -0.05) is 30.3 Å². The number of benzene rings is 1. The number of aryl methyl sites for hydroxylation is 1. The summed E-state index contributed by atoms with van der Waals surface area (Å²) in [5.74, 6) is -1.02. The summed E-state index contributed by atoms with van der Waals surface area (Å²) >= 11 is 0. The minimum absolute atomic E-state index is 0.0682. The largest absolute Gasteiger partial charge is 0.488 e. The molecule has 3 heterocycles. The Kier molecular flexibility index (Phi) is 8.34. The van der Waals surface area contributed by atoms with Gasteiger partial charge < -0.3 is 29.4 Å². The molecule has 12 heteroatoms. The lowest BCUT2D eigenvalue weighted by Gasteiger charge is -2.32. The number of piperidine rings is 1. The van der Waals surface area contributed by atoms with Gasteiger partial charge in [-0.3, -0.25) is 23.7 Å². The predicted molar refractivity (Wildman–Crippen MR) is 142 cm³/mol. The molecule has 0 atom stereocenters. The van der Waals surface area contributed by atoms with Crippen molar-refractivity contribution in [1.29, 1.82) is 0 Å². The predicted octanol–water partition coefficient (Wildman–Crippen LogP) is 1.13. The summed E-state index contributed by atoms with van der Waals surface area (Å²) in [5, 5.41) is 12.1. The van der Waals surface area contributed by atoms with Crippen LogP contribution in [0.4, 0.5) is 0 Å². The van der Waals surface area contributed by atoms with E-state index >= 15 is 0 Å². The van der Waals surface area contributed by atoms with E-state index in [4.69, 9.17) is 14.6 Å². The zero-order valence-electron chi connectivity index (χ0n) is 22.5. The first-order chi connectivity index (χ1) is 18.7. The molecule has 4 rings (SSSR count). The number of rotatable bonds is 9. The second-order valence-electron chi connectivity index (χ2n) is 9.67. The van der Waals surface area contributed by atoms with E-state index in [1.807, 2.05) is 0 Å². The van der Waals surface area contributed by atoms with Gasteiger partial charge in [-0.2, -0.15) is 4.98 Å². The van der Waals surface area contributed by atoms with Crippen molar-refractivity contribution < 1.29 is 29.0 Å². The lowest BCUT2D eigenvalue weighted by Crippen LogP contribution is -2.47. The van der Waals surface area contributed by atoms with Gasteiger partial charge >= 0.3 is 6.01 Å². The Hall–Kier alpha value is -4.19. The third-order valence-corrected chi connectivity index (χ3v) is 6.68. The summed E-state index contributed by atoms with van der Waals surface area (Å²) in [4.78, 5) is 58.1. The number of nitrogens with zero attached hydrogens (tertiary/aromatic N) is 4. The standard InChI is InChI=1S/C27H33N5O7/c1-16(2)39-23-21-24(29-27(38-4)32(26(21)37)14-19(34)17-8-6-5-7-9-17)30(3)22(23)25(36)28-18-10-12-31(13-11-18)20(35)15-33/h5-9,16,18,33H,10-15H2,1-4H3,(H,28,36). The van der Waals surface area contributed by atoms with Crippen LogP contribution in [0.15, 0.2) is 35.1 Å². The van der Waals surface area contributed by atoms with Crippen LogP contribution in [0.2, 0.25) is 0 Å². The van der Waals surface area contributed by atoms with Gasteiger partial charge in [-0.05, 0) is 26.7 Å². The Morgan fingerprint density at radius 1 is 1.15 bits per heavy atom. The van der Waals surface area contributed by atoms with Gasteiger partial charge in [-0.15, -0.1) is 0 Å². The van der Waals surface area contributed by atoms with E-state index < -0.39 is 18.1 Å². The van der Waals surface area contributed by atoms with Crippen LogP contribution in [-0.4, -0.2) is 80.7 Å². The highest BCUT2D eigenvalue weighted by Gasteiger charge is 2.31. The van der Waals surface area contributed by atoms with Crippen molar-refractivity contribution >= 4 is 28.6 Å². The molecule has 1 saturated heterocycles. The first-order valence-corrected chi connectivity index (χ1v) is 12.8. The van der Waals surface area contributed by atoms with E-state index in [0.29, 0.717) is 31.5 Å². The van der Waals surface area contributed by atoms with Crippen molar-refractivity contribution in [3.8, 4) is 11.8 Å². The maximum absolute atomic E-state index is 13.8. The fraction of sp³-hybridized carbons (Fsp3) is 0.444. The van der Waals surface area contributed by atoms with Gasteiger partial charge in [0.25, 0.3) is 11.5 Å². The summed E-state index contributed by atoms with van der Waals surface area (Å²) in [6, 6.07) is 8.30. The molecule has 0 radical (unpaired) electrons. The number of carbonyl (C=O) groups is 3. The highest BCUT2D eigenvalue weighted by atomic mass is 16.5. The number of hydrogen-bond acceptors (Lipinski definition) is 8. The Morgan fingerprint density at radius 2 is 1.82 bits per heavy atom. The molecule has 0 aliphatic carbocycles. The minimum atomic E-state index is -0.567. The molecular weight excluding hydrogens is 506 g/mol. The molecule has 1 aromatic carbocycles. The van der Waals surface area contributed by atoms with E-state index in [-0.39, 0.29) is 58.9 Å². The number of amides is 2. The molecule has 1 aliphatic heterocycles. The molecule has 12 nitrogen and oxygen atoms in total. The van der Waals surface area contributed by atoms with Gasteiger partial charge in [0.05, 0.1) is 19.8 Å². The maximum atomic E-state index is 13.8. The number of nitrogens with one attached hydrogen (secondary N) is 1. The van der Waals surface area contributed by atoms with E-state index in [9.17, 15) is 19.2 Å².